The van der Waals surface area contributed by atoms with Gasteiger partial charge in [0.05, 0.1) is 13.2 Å². The topological polar surface area (TPSA) is 21.3 Å². The summed E-state index contributed by atoms with van der Waals surface area (Å²) in [6, 6.07) is 0. The summed E-state index contributed by atoms with van der Waals surface area (Å²) >= 11 is 0. The molecule has 12 fully saturated rings. The van der Waals surface area contributed by atoms with Gasteiger partial charge < -0.3 is 10.1 Å². The average molecular weight is 1660 g/mol. The van der Waals surface area contributed by atoms with E-state index in [9.17, 15) is 0 Å². The zero-order valence-electron chi connectivity index (χ0n) is 79.2. The Morgan fingerprint density at radius 2 is 0.434 bits per heavy atom. The van der Waals surface area contributed by atoms with Crippen LogP contribution >= 0.6 is 0 Å². The molecule has 0 amide bonds. The molecule has 122 heavy (non-hydrogen) atoms. The van der Waals surface area contributed by atoms with Crippen molar-refractivity contribution in [3.63, 3.8) is 0 Å². The third-order valence-corrected chi connectivity index (χ3v) is 37.7. The number of nitrogens with one attached hydrogen (secondary N) is 1. The van der Waals surface area contributed by atoms with Gasteiger partial charge in [0.1, 0.15) is 0 Å². The van der Waals surface area contributed by atoms with E-state index in [-0.39, 0.29) is 0 Å². The molecule has 2 heterocycles. The van der Waals surface area contributed by atoms with Gasteiger partial charge in [-0.05, 0) is 412 Å². The summed E-state index contributed by atoms with van der Waals surface area (Å²) in [7, 11) is 0. The van der Waals surface area contributed by atoms with E-state index in [1.54, 1.807) is 0 Å². The van der Waals surface area contributed by atoms with Crippen molar-refractivity contribution in [1.82, 2.24) is 5.32 Å². The van der Waals surface area contributed by atoms with Crippen LogP contribution in [0.1, 0.15) is 469 Å². The van der Waals surface area contributed by atoms with E-state index in [1.807, 2.05) is 0 Å². The molecule has 0 aromatic rings. The van der Waals surface area contributed by atoms with Crippen LogP contribution in [0.4, 0.5) is 0 Å². The number of hydrogen-bond donors (Lipinski definition) is 1. The van der Waals surface area contributed by atoms with Crippen LogP contribution in [0.25, 0.3) is 0 Å². The highest BCUT2D eigenvalue weighted by molar-refractivity contribution is 5.19. The SMILES string of the molecule is C1=CC2(CC1)CCC2.C1=CC2(CC1)COC2.C1=CC2(CCC1)CCC2.C1=CCC2(C1)CC=CC2.C1=CCC2(C1)CCC2.C1=CCC2(C1)CCCC2.C1=CCC2(C1)CCCCC2.C1=CCC2(C1)CCCCCC2.C1=CCC2(C1)CCNC2.C1=CCC2(C=C1)CCCC2.C1=CCC2(CC1)CCC2.C1=CCC2(CC1)CCCCC2.C1=CCCC2(CC1)CCCC2. The lowest BCUT2D eigenvalue weighted by molar-refractivity contribution is -0.0813. The number of ether oxygens (including phenoxy) is 1. The quantitative estimate of drug-likeness (QED) is 0.244. The second-order valence-electron chi connectivity index (χ2n) is 46.7. The van der Waals surface area contributed by atoms with Gasteiger partial charge in [0.2, 0.25) is 0 Å². The van der Waals surface area contributed by atoms with Crippen LogP contribution in [0.5, 0.6) is 0 Å². The Morgan fingerprint density at radius 3 is 0.730 bits per heavy atom. The molecule has 0 aromatic carbocycles. The summed E-state index contributed by atoms with van der Waals surface area (Å²) in [6.07, 6.45) is 175. The standard InChI is InChI=1S/3C11H18.C10H16.C10H14.C9H14.C9H12.2C9H14.C8H13N.2C8H12.C7H10O/c1-3-7-11(8-4-1)9-5-2-6-10-11;2*1-2-4-8-11(7-3-1)9-5-6-10-11;2*1-2-6-10(7-3-1)8-4-5-9-10;2*1-2-6-9(5-1)7-3-4-8-9;2*1-2-5-9(6-3-1)7-4-8-9;1-2-4-8(3-1)5-6-9-7-8;2*1-2-5-8(4-1)6-3-7-8;1-2-4-7(3-1)5-8-6-7/h1,3H,2,4-10H2;5-6H,1-4,7-10H2;1-2H,3-10H2;4-5H,1-3,6-9H2;1-3,6H,4-5,7-9H2;1-2H,3-8H2;1-4H,5-8H2;2,5H,1,3-4,6-8H2;1-2H,3-8H2;1-2,9H,3-7H2;1,4H,2-3,5-7H2;1-2H,3-7H2;1,3H,2,4-6H2. The predicted molar refractivity (Wildman–Crippen MR) is 529 cm³/mol. The molecule has 1 N–H and O–H groups in total. The van der Waals surface area contributed by atoms with Crippen LogP contribution in [0, 0.1) is 70.4 Å². The highest BCUT2D eigenvalue weighted by Gasteiger charge is 2.43. The molecule has 24 aliphatic carbocycles. The van der Waals surface area contributed by atoms with Crippen LogP contribution < -0.4 is 5.32 Å². The van der Waals surface area contributed by atoms with E-state index in [1.165, 1.54) is 482 Å². The van der Waals surface area contributed by atoms with Crippen LogP contribution in [0.15, 0.2) is 182 Å². The molecular weight excluding hydrogens is 1470 g/mol. The Balaban J connectivity index is 0.000000108. The van der Waals surface area contributed by atoms with Crippen molar-refractivity contribution < 1.29 is 4.74 Å². The number of hydrogen-bond acceptors (Lipinski definition) is 2. The van der Waals surface area contributed by atoms with E-state index in [4.69, 9.17) is 4.74 Å². The Bertz CT molecular complexity index is 3310. The zero-order chi connectivity index (χ0) is 83.6. The molecule has 0 bridgehead atoms. The van der Waals surface area contributed by atoms with Crippen molar-refractivity contribution in [3.05, 3.63) is 182 Å². The van der Waals surface area contributed by atoms with Crippen LogP contribution in [-0.4, -0.2) is 26.3 Å². The highest BCUT2D eigenvalue weighted by Crippen LogP contribution is 2.56. The molecule has 2 saturated heterocycles. The second kappa shape index (κ2) is 47.0. The fourth-order valence-corrected chi connectivity index (χ4v) is 27.9. The van der Waals surface area contributed by atoms with Crippen LogP contribution in [0.2, 0.25) is 0 Å². The Morgan fingerprint density at radius 1 is 0.156 bits per heavy atom. The fourth-order valence-electron chi connectivity index (χ4n) is 27.9. The second-order valence-corrected chi connectivity index (χ2v) is 46.7. The lowest BCUT2D eigenvalue weighted by Gasteiger charge is -2.43. The molecule has 0 atom stereocenters. The first-order valence-electron chi connectivity index (χ1n) is 54.0. The van der Waals surface area contributed by atoms with Gasteiger partial charge in [-0.2, -0.15) is 0 Å². The maximum absolute atomic E-state index is 5.11. The van der Waals surface area contributed by atoms with E-state index in [0.717, 1.165) is 61.9 Å². The molecule has 10 saturated carbocycles. The first-order chi connectivity index (χ1) is 59.9. The summed E-state index contributed by atoms with van der Waals surface area (Å²) in [5.41, 5.74) is 9.38. The zero-order valence-corrected chi connectivity index (χ0v) is 79.2. The lowest BCUT2D eigenvalue weighted by atomic mass is 9.62. The van der Waals surface area contributed by atoms with Crippen molar-refractivity contribution in [2.75, 3.05) is 26.3 Å². The van der Waals surface area contributed by atoms with Gasteiger partial charge >= 0.3 is 0 Å². The Labute approximate surface area is 752 Å². The van der Waals surface area contributed by atoms with Crippen molar-refractivity contribution in [2.24, 2.45) is 70.4 Å². The molecule has 2 aliphatic heterocycles. The summed E-state index contributed by atoms with van der Waals surface area (Å²) in [5.74, 6) is 0. The minimum atomic E-state index is 0.514. The van der Waals surface area contributed by atoms with Crippen molar-refractivity contribution in [2.45, 2.75) is 469 Å². The highest BCUT2D eigenvalue weighted by atomic mass is 16.5. The number of rotatable bonds is 0. The van der Waals surface area contributed by atoms with Gasteiger partial charge in [-0.25, -0.2) is 0 Å². The van der Waals surface area contributed by atoms with Gasteiger partial charge in [0.25, 0.3) is 0 Å². The maximum atomic E-state index is 5.11. The summed E-state index contributed by atoms with van der Waals surface area (Å²) in [4.78, 5) is 0. The maximum Gasteiger partial charge on any atom is 0.0579 e. The van der Waals surface area contributed by atoms with Gasteiger partial charge in [-0.3, -0.25) is 0 Å². The molecule has 2 nitrogen and oxygen atoms in total. The predicted octanol–water partition coefficient (Wildman–Crippen LogP) is 36.4. The molecular formula is C120H185NO. The van der Waals surface area contributed by atoms with Gasteiger partial charge in [-0.1, -0.05) is 311 Å². The summed E-state index contributed by atoms with van der Waals surface area (Å²) in [6.45, 7) is 4.44. The van der Waals surface area contributed by atoms with Gasteiger partial charge in [0, 0.05) is 12.0 Å². The van der Waals surface area contributed by atoms with Crippen molar-refractivity contribution >= 4 is 0 Å². The van der Waals surface area contributed by atoms with Gasteiger partial charge in [0.15, 0.2) is 0 Å². The van der Waals surface area contributed by atoms with Crippen molar-refractivity contribution in [1.29, 1.82) is 0 Å². The smallest absolute Gasteiger partial charge is 0.0579 e. The van der Waals surface area contributed by atoms with E-state index >= 15 is 0 Å². The van der Waals surface area contributed by atoms with Gasteiger partial charge in [-0.15, -0.1) is 0 Å². The fraction of sp³-hybridized carbons (Fsp3) is 0.750. The molecule has 676 valence electrons. The molecule has 26 aliphatic rings. The monoisotopic (exact) mass is 1660 g/mol. The number of allylic oxidation sites excluding steroid dienone is 29. The summed E-state index contributed by atoms with van der Waals surface area (Å²) < 4.78 is 5.11. The van der Waals surface area contributed by atoms with Crippen LogP contribution in [0.3, 0.4) is 0 Å². The normalized spacial score (nSPS) is 29.7. The van der Waals surface area contributed by atoms with E-state index in [2.05, 4.69) is 188 Å². The third-order valence-electron chi connectivity index (χ3n) is 37.7. The first kappa shape index (κ1) is 94.1. The minimum Gasteiger partial charge on any atom is -0.379 e. The summed E-state index contributed by atoms with van der Waals surface area (Å²) in [5, 5.41) is 3.42. The van der Waals surface area contributed by atoms with Crippen LogP contribution in [-0.2, 0) is 4.74 Å². The first-order valence-corrected chi connectivity index (χ1v) is 54.0. The molecule has 13 spiro atoms. The Hall–Kier alpha value is -3.98. The molecule has 0 aromatic heterocycles. The van der Waals surface area contributed by atoms with Crippen molar-refractivity contribution in [3.8, 4) is 0 Å². The lowest BCUT2D eigenvalue weighted by Crippen LogP contribution is -2.38. The largest absolute Gasteiger partial charge is 0.379 e. The molecule has 2 heteroatoms. The Kier molecular flexibility index (Phi) is 36.3. The minimum absolute atomic E-state index is 0.514. The average Bonchev–Trinajstić information content (AvgIpc) is 1.69. The molecule has 0 radical (unpaired) electrons. The van der Waals surface area contributed by atoms with E-state index < -0.39 is 0 Å². The third kappa shape index (κ3) is 27.8. The molecule has 26 rings (SSSR count). The molecule has 0 unspecified atom stereocenters. The van der Waals surface area contributed by atoms with E-state index in [0.29, 0.717) is 21.7 Å².